The summed E-state index contributed by atoms with van der Waals surface area (Å²) in [6.45, 7) is 0. The van der Waals surface area contributed by atoms with E-state index in [9.17, 15) is 13.7 Å². The van der Waals surface area contributed by atoms with Gasteiger partial charge in [0.05, 0.1) is 55.0 Å². The van der Waals surface area contributed by atoms with Crippen LogP contribution in [-0.2, 0) is 0 Å². The van der Waals surface area contributed by atoms with Crippen molar-refractivity contribution in [2.24, 2.45) is 0 Å². The Morgan fingerprint density at radius 1 is 0.349 bits per heavy atom. The number of thiophene rings is 1. The molecule has 13 aromatic rings. The maximum atomic E-state index is 10.1. The van der Waals surface area contributed by atoms with Crippen LogP contribution in [0.1, 0.15) is 32.9 Å². The molecule has 4 aromatic heterocycles. The number of hydrogen-bond donors (Lipinski definition) is 0. The zero-order chi connectivity index (χ0) is 62.3. The number of rotatable bonds is 6. The van der Waals surface area contributed by atoms with E-state index in [0.29, 0.717) is 5.56 Å². The van der Waals surface area contributed by atoms with E-state index >= 15 is 0 Å². The number of benzene rings is 9. The van der Waals surface area contributed by atoms with Crippen LogP contribution >= 0.6 is 11.3 Å². The van der Waals surface area contributed by atoms with Gasteiger partial charge in [-0.2, -0.15) is 15.0 Å². The summed E-state index contributed by atoms with van der Waals surface area (Å²) in [5, 5.41) is 0.143. The van der Waals surface area contributed by atoms with Crippen LogP contribution < -0.4 is 0 Å². The molecule has 0 amide bonds. The molecule has 0 aliphatic heterocycles. The van der Waals surface area contributed by atoms with Crippen molar-refractivity contribution in [3.63, 3.8) is 0 Å². The molecule has 0 saturated carbocycles. The first-order chi connectivity index (χ1) is 41.2. The highest BCUT2D eigenvalue weighted by Gasteiger charge is 2.22. The van der Waals surface area contributed by atoms with E-state index in [0.717, 1.165) is 34.9 Å². The van der Waals surface area contributed by atoms with Gasteiger partial charge in [0.25, 0.3) is 0 Å². The number of para-hydroxylation sites is 2. The average molecular weight is 846 g/mol. The van der Waals surface area contributed by atoms with Gasteiger partial charge in [0.15, 0.2) is 5.82 Å². The number of aromatic nitrogens is 5. The zero-order valence-electron chi connectivity index (χ0n) is 56.0. The van der Waals surface area contributed by atoms with Crippen molar-refractivity contribution in [3.05, 3.63) is 212 Å². The summed E-state index contributed by atoms with van der Waals surface area (Å²) in [6.07, 6.45) is 0. The van der Waals surface area contributed by atoms with Gasteiger partial charge in [0, 0.05) is 47.3 Å². The minimum absolute atomic E-state index is 0.180. The molecule has 63 heavy (non-hydrogen) atoms. The smallest absolute Gasteiger partial charge is 0.240 e. The Hall–Kier alpha value is -8.19. The topological polar surface area (TPSA) is 48.5 Å². The van der Waals surface area contributed by atoms with Crippen molar-refractivity contribution in [1.29, 1.82) is 0 Å². The molecule has 0 aliphatic rings. The zero-order valence-corrected chi connectivity index (χ0v) is 32.8. The summed E-state index contributed by atoms with van der Waals surface area (Å²) >= 11 is 1.60. The number of hydrogen-bond acceptors (Lipinski definition) is 4. The van der Waals surface area contributed by atoms with E-state index in [2.05, 4.69) is 0 Å². The fourth-order valence-corrected chi connectivity index (χ4v) is 8.94. The second-order valence-electron chi connectivity index (χ2n) is 14.2. The van der Waals surface area contributed by atoms with Gasteiger partial charge >= 0.3 is 0 Å². The molecule has 0 radical (unpaired) electrons. The highest BCUT2D eigenvalue weighted by atomic mass is 32.1. The Morgan fingerprint density at radius 3 is 1.52 bits per heavy atom. The first kappa shape index (κ1) is 19.2. The lowest BCUT2D eigenvalue weighted by molar-refractivity contribution is 0.893. The minimum Gasteiger partial charge on any atom is -0.278 e. The van der Waals surface area contributed by atoms with E-state index in [4.69, 9.17) is 34.1 Å². The van der Waals surface area contributed by atoms with Crippen molar-refractivity contribution in [2.45, 2.75) is 0 Å². The molecule has 0 fully saturated rings. The normalized spacial score (nSPS) is 17.1. The molecule has 0 bridgehead atoms. The second kappa shape index (κ2) is 14.2. The molecule has 4 heterocycles. The van der Waals surface area contributed by atoms with Gasteiger partial charge in [-0.3, -0.25) is 9.13 Å². The fraction of sp³-hybridized carbons (Fsp3) is 0. The Kier molecular flexibility index (Phi) is 4.34. The van der Waals surface area contributed by atoms with Gasteiger partial charge in [-0.1, -0.05) is 163 Å². The Morgan fingerprint density at radius 2 is 0.873 bits per heavy atom. The van der Waals surface area contributed by atoms with Gasteiger partial charge < -0.3 is 0 Å². The van der Waals surface area contributed by atoms with Crippen LogP contribution in [0.4, 0.5) is 0 Å². The maximum Gasteiger partial charge on any atom is 0.240 e. The summed E-state index contributed by atoms with van der Waals surface area (Å²) in [6, 6.07) is 0.389. The van der Waals surface area contributed by atoms with Crippen LogP contribution in [0.3, 0.4) is 0 Å². The van der Waals surface area contributed by atoms with Crippen LogP contribution in [0.15, 0.2) is 212 Å². The first-order valence-electron chi connectivity index (χ1n) is 31.2. The summed E-state index contributed by atoms with van der Waals surface area (Å²) < 4.78 is 222. The number of fused-ring (bicyclic) bond motifs is 9. The Balaban J connectivity index is 1.25. The number of nitrogens with zero attached hydrogens (tertiary/aromatic N) is 5. The highest BCUT2D eigenvalue weighted by Crippen LogP contribution is 2.40. The van der Waals surface area contributed by atoms with E-state index in [1.54, 1.807) is 35.6 Å². The van der Waals surface area contributed by atoms with Gasteiger partial charge in [-0.25, -0.2) is 0 Å². The van der Waals surface area contributed by atoms with Crippen molar-refractivity contribution in [2.75, 3.05) is 0 Å². The average Bonchev–Trinajstić information content (AvgIpc) is 1.58. The molecular formula is C57H35N5S. The molecular weight excluding hydrogens is 787 g/mol. The van der Waals surface area contributed by atoms with E-state index < -0.39 is 212 Å². The predicted molar refractivity (Wildman–Crippen MR) is 263 cm³/mol. The molecule has 0 unspecified atom stereocenters. The molecule has 0 saturated heterocycles. The third kappa shape index (κ3) is 5.80. The molecule has 0 N–H and O–H groups in total. The lowest BCUT2D eigenvalue weighted by atomic mass is 10.0. The first-order valence-corrected chi connectivity index (χ1v) is 20.0. The van der Waals surface area contributed by atoms with Crippen LogP contribution in [0.25, 0.3) is 120 Å². The molecule has 0 spiro atoms. The lowest BCUT2D eigenvalue weighted by Gasteiger charge is -2.14. The van der Waals surface area contributed by atoms with Crippen molar-refractivity contribution >= 4 is 75.1 Å². The predicted octanol–water partition coefficient (Wildman–Crippen LogP) is 15.1. The standard InChI is InChI=1S/C57H35N5S/c1-3-14-36(15-4-1)40-26-29-45-46-30-27-41(37-16-5-2-6-17-37)35-52(46)62(51(45)34-40)57-59-55(58-56(60-57)61-49-23-10-7-20-43(49)44-21-8-11-24-50(44)61)42-19-13-18-38(32-42)39-28-31-54-48(33-39)47-22-9-12-25-53(47)63-54/h1-35H/i1D,2D,3D,4D,5D,6D,7D,8D,10D,11D,14D,15D,16D,17D,20D,21D,23D,24D,26D,27D,29D,30D,34D,35D. The molecule has 5 nitrogen and oxygen atoms in total. The molecule has 294 valence electrons. The van der Waals surface area contributed by atoms with Crippen LogP contribution in [0.5, 0.6) is 0 Å². The molecule has 6 heteroatoms. The maximum absolute atomic E-state index is 10.1. The minimum atomic E-state index is -0.909. The largest absolute Gasteiger partial charge is 0.278 e. The van der Waals surface area contributed by atoms with Crippen LogP contribution in [0.2, 0.25) is 0 Å². The third-order valence-electron chi connectivity index (χ3n) is 10.7. The quantitative estimate of drug-likeness (QED) is 0.167. The van der Waals surface area contributed by atoms with E-state index in [-0.39, 0.29) is 22.2 Å². The van der Waals surface area contributed by atoms with Crippen molar-refractivity contribution < 1.29 is 32.9 Å². The highest BCUT2D eigenvalue weighted by molar-refractivity contribution is 7.25. The molecule has 13 rings (SSSR count). The Labute approximate surface area is 400 Å². The lowest BCUT2D eigenvalue weighted by Crippen LogP contribution is -2.10. The summed E-state index contributed by atoms with van der Waals surface area (Å²) in [5.41, 5.74) is -3.49. The third-order valence-corrected chi connectivity index (χ3v) is 11.8. The Bertz CT molecular complexity index is 5080. The second-order valence-corrected chi connectivity index (χ2v) is 15.3. The molecule has 0 atom stereocenters. The van der Waals surface area contributed by atoms with Gasteiger partial charge in [-0.15, -0.1) is 11.3 Å². The summed E-state index contributed by atoms with van der Waals surface area (Å²) in [7, 11) is 0. The van der Waals surface area contributed by atoms with Crippen molar-refractivity contribution in [3.8, 4) is 56.7 Å². The van der Waals surface area contributed by atoms with E-state index in [1.165, 1.54) is 0 Å². The van der Waals surface area contributed by atoms with E-state index in [1.807, 2.05) is 42.5 Å². The SMILES string of the molecule is [2H]c1c([2H])c([2H])c(-c2c([2H])c([2H])c3c4c([2H])c([2H])c(-c5c([2H])c([2H])c([2H])c([2H])c5[2H])c([2H])c4n(-c4nc(-c5cccc(-c6ccc7sc8ccccc8c7c6)c5)nc(-n5c6c([2H])c([2H])c([2H])c([2H])c6c6c([2H])c([2H])c([2H])c([2H])c65)n4)c3c2[2H])c([2H])c1[2H]. The van der Waals surface area contributed by atoms with Crippen LogP contribution in [0, 0.1) is 0 Å². The van der Waals surface area contributed by atoms with Crippen molar-refractivity contribution in [1.82, 2.24) is 24.1 Å². The summed E-state index contributed by atoms with van der Waals surface area (Å²) in [4.78, 5) is 14.7. The van der Waals surface area contributed by atoms with Gasteiger partial charge in [0.2, 0.25) is 11.9 Å². The van der Waals surface area contributed by atoms with Crippen LogP contribution in [-0.4, -0.2) is 24.1 Å². The monoisotopic (exact) mass is 845 g/mol. The molecule has 0 aliphatic carbocycles. The van der Waals surface area contributed by atoms with Gasteiger partial charge in [0.1, 0.15) is 0 Å². The molecule has 9 aromatic carbocycles. The summed E-state index contributed by atoms with van der Waals surface area (Å²) in [5.74, 6) is -1.66. The van der Waals surface area contributed by atoms with Gasteiger partial charge in [-0.05, 0) is 81.8 Å². The fourth-order valence-electron chi connectivity index (χ4n) is 7.85.